The molecule has 1 aromatic heterocycles. The van der Waals surface area contributed by atoms with Crippen LogP contribution in [0.2, 0.25) is 0 Å². The summed E-state index contributed by atoms with van der Waals surface area (Å²) in [6, 6.07) is 0. The van der Waals surface area contributed by atoms with Crippen molar-refractivity contribution < 1.29 is 8.42 Å². The summed E-state index contributed by atoms with van der Waals surface area (Å²) in [5.74, 6) is 0.678. The Labute approximate surface area is 109 Å². The van der Waals surface area contributed by atoms with Gasteiger partial charge in [0.05, 0.1) is 0 Å². The summed E-state index contributed by atoms with van der Waals surface area (Å²) in [4.78, 5) is 4.09. The molecule has 0 amide bonds. The standard InChI is InChI=1S/C11H22N4O2S/c1-4-5-7-15(8-6-12)18(16,17)11-9-14(3)10(2)13-11/h9H,4-8,12H2,1-3H3. The average molecular weight is 274 g/mol. The van der Waals surface area contributed by atoms with Gasteiger partial charge in [-0.15, -0.1) is 0 Å². The van der Waals surface area contributed by atoms with E-state index in [2.05, 4.69) is 4.98 Å². The minimum Gasteiger partial charge on any atom is -0.337 e. The number of nitrogens with zero attached hydrogens (tertiary/aromatic N) is 3. The summed E-state index contributed by atoms with van der Waals surface area (Å²) in [7, 11) is -1.74. The minimum absolute atomic E-state index is 0.104. The summed E-state index contributed by atoms with van der Waals surface area (Å²) < 4.78 is 27.9. The molecule has 0 spiro atoms. The molecule has 6 nitrogen and oxygen atoms in total. The molecule has 1 rings (SSSR count). The predicted molar refractivity (Wildman–Crippen MR) is 70.7 cm³/mol. The van der Waals surface area contributed by atoms with Crippen molar-refractivity contribution in [2.24, 2.45) is 12.8 Å². The molecule has 1 aromatic rings. The van der Waals surface area contributed by atoms with E-state index < -0.39 is 10.0 Å². The number of aryl methyl sites for hydroxylation is 2. The van der Waals surface area contributed by atoms with Crippen LogP contribution in [0.15, 0.2) is 11.2 Å². The normalized spacial score (nSPS) is 12.3. The van der Waals surface area contributed by atoms with Crippen LogP contribution in [0.3, 0.4) is 0 Å². The molecule has 0 aliphatic heterocycles. The van der Waals surface area contributed by atoms with E-state index in [1.807, 2.05) is 6.92 Å². The molecule has 0 aliphatic rings. The number of sulfonamides is 1. The van der Waals surface area contributed by atoms with Crippen molar-refractivity contribution in [2.45, 2.75) is 31.7 Å². The second-order valence-electron chi connectivity index (χ2n) is 4.28. The maximum atomic E-state index is 12.4. The fourth-order valence-corrected chi connectivity index (χ4v) is 3.13. The third kappa shape index (κ3) is 3.30. The Hall–Kier alpha value is -0.920. The van der Waals surface area contributed by atoms with Crippen LogP contribution in [0.25, 0.3) is 0 Å². The molecule has 0 unspecified atom stereocenters. The van der Waals surface area contributed by atoms with Gasteiger partial charge in [0, 0.05) is 32.9 Å². The van der Waals surface area contributed by atoms with E-state index in [0.717, 1.165) is 12.8 Å². The number of rotatable bonds is 7. The number of unbranched alkanes of at least 4 members (excludes halogenated alkanes) is 1. The number of hydrogen-bond acceptors (Lipinski definition) is 4. The molecule has 2 N–H and O–H groups in total. The van der Waals surface area contributed by atoms with Crippen LogP contribution in [0, 0.1) is 6.92 Å². The van der Waals surface area contributed by atoms with Gasteiger partial charge >= 0.3 is 0 Å². The Kier molecular flexibility index (Phi) is 5.30. The molecule has 0 saturated carbocycles. The molecule has 0 radical (unpaired) electrons. The molecule has 0 fully saturated rings. The van der Waals surface area contributed by atoms with Gasteiger partial charge < -0.3 is 10.3 Å². The second kappa shape index (κ2) is 6.31. The monoisotopic (exact) mass is 274 g/mol. The van der Waals surface area contributed by atoms with Crippen LogP contribution in [0.1, 0.15) is 25.6 Å². The van der Waals surface area contributed by atoms with Crippen LogP contribution >= 0.6 is 0 Å². The summed E-state index contributed by atoms with van der Waals surface area (Å²) in [5, 5.41) is 0.104. The Balaban J connectivity index is 3.00. The van der Waals surface area contributed by atoms with Gasteiger partial charge in [0.25, 0.3) is 10.0 Å². The Morgan fingerprint density at radius 3 is 2.56 bits per heavy atom. The molecule has 104 valence electrons. The van der Waals surface area contributed by atoms with Crippen LogP contribution < -0.4 is 5.73 Å². The van der Waals surface area contributed by atoms with Gasteiger partial charge in [-0.3, -0.25) is 0 Å². The SMILES string of the molecule is CCCCN(CCN)S(=O)(=O)c1cn(C)c(C)n1. The van der Waals surface area contributed by atoms with Crippen molar-refractivity contribution in [2.75, 3.05) is 19.6 Å². The quantitative estimate of drug-likeness (QED) is 0.784. The Morgan fingerprint density at radius 1 is 1.44 bits per heavy atom. The summed E-state index contributed by atoms with van der Waals surface area (Å²) in [5.41, 5.74) is 5.48. The van der Waals surface area contributed by atoms with E-state index in [9.17, 15) is 8.42 Å². The fraction of sp³-hybridized carbons (Fsp3) is 0.727. The first-order chi connectivity index (χ1) is 8.43. The summed E-state index contributed by atoms with van der Waals surface area (Å²) >= 11 is 0. The smallest absolute Gasteiger partial charge is 0.262 e. The van der Waals surface area contributed by atoms with Crippen LogP contribution in [0.5, 0.6) is 0 Å². The first kappa shape index (κ1) is 15.1. The van der Waals surface area contributed by atoms with Crippen molar-refractivity contribution >= 4 is 10.0 Å². The zero-order valence-corrected chi connectivity index (χ0v) is 12.1. The Morgan fingerprint density at radius 2 is 2.11 bits per heavy atom. The molecule has 0 saturated heterocycles. The number of hydrogen-bond donors (Lipinski definition) is 1. The van der Waals surface area contributed by atoms with Gasteiger partial charge in [0.1, 0.15) is 5.82 Å². The first-order valence-electron chi connectivity index (χ1n) is 6.13. The predicted octanol–water partition coefficient (Wildman–Crippen LogP) is 0.478. The molecule has 0 atom stereocenters. The van der Waals surface area contributed by atoms with Crippen LogP contribution in [-0.2, 0) is 17.1 Å². The molecule has 0 bridgehead atoms. The zero-order valence-electron chi connectivity index (χ0n) is 11.3. The van der Waals surface area contributed by atoms with Crippen LogP contribution in [-0.4, -0.2) is 41.9 Å². The van der Waals surface area contributed by atoms with Crippen LogP contribution in [0.4, 0.5) is 0 Å². The maximum Gasteiger partial charge on any atom is 0.262 e. The first-order valence-corrected chi connectivity index (χ1v) is 7.57. The molecule has 18 heavy (non-hydrogen) atoms. The maximum absolute atomic E-state index is 12.4. The third-order valence-corrected chi connectivity index (χ3v) is 4.60. The number of imidazole rings is 1. The van der Waals surface area contributed by atoms with Gasteiger partial charge in [-0.1, -0.05) is 13.3 Å². The lowest BCUT2D eigenvalue weighted by atomic mass is 10.3. The molecule has 7 heteroatoms. The van der Waals surface area contributed by atoms with Gasteiger partial charge in [0.15, 0.2) is 5.03 Å². The molecule has 1 heterocycles. The molecule has 0 aromatic carbocycles. The third-order valence-electron chi connectivity index (χ3n) is 2.83. The van der Waals surface area contributed by atoms with E-state index in [4.69, 9.17) is 5.73 Å². The minimum atomic E-state index is -3.52. The van der Waals surface area contributed by atoms with Crippen molar-refractivity contribution in [1.82, 2.24) is 13.9 Å². The molecular formula is C11H22N4O2S. The Bertz CT molecular complexity index is 462. The van der Waals surface area contributed by atoms with Gasteiger partial charge in [-0.25, -0.2) is 13.4 Å². The highest BCUT2D eigenvalue weighted by atomic mass is 32.2. The zero-order chi connectivity index (χ0) is 13.8. The summed E-state index contributed by atoms with van der Waals surface area (Å²) in [6.07, 6.45) is 3.31. The lowest BCUT2D eigenvalue weighted by molar-refractivity contribution is 0.408. The van der Waals surface area contributed by atoms with E-state index in [-0.39, 0.29) is 5.03 Å². The highest BCUT2D eigenvalue weighted by Gasteiger charge is 2.26. The topological polar surface area (TPSA) is 81.2 Å². The summed E-state index contributed by atoms with van der Waals surface area (Å²) in [6.45, 7) is 4.94. The lowest BCUT2D eigenvalue weighted by Gasteiger charge is -2.19. The van der Waals surface area contributed by atoms with Crippen molar-refractivity contribution in [3.05, 3.63) is 12.0 Å². The average Bonchev–Trinajstić information content (AvgIpc) is 2.65. The van der Waals surface area contributed by atoms with Crippen molar-refractivity contribution in [3.63, 3.8) is 0 Å². The molecule has 0 aliphatic carbocycles. The van der Waals surface area contributed by atoms with E-state index in [1.165, 1.54) is 4.31 Å². The van der Waals surface area contributed by atoms with E-state index in [1.54, 1.807) is 24.7 Å². The van der Waals surface area contributed by atoms with Gasteiger partial charge in [-0.05, 0) is 13.3 Å². The lowest BCUT2D eigenvalue weighted by Crippen LogP contribution is -2.36. The second-order valence-corrected chi connectivity index (χ2v) is 6.17. The largest absolute Gasteiger partial charge is 0.337 e. The van der Waals surface area contributed by atoms with Crippen molar-refractivity contribution in [3.8, 4) is 0 Å². The fourth-order valence-electron chi connectivity index (χ4n) is 1.61. The van der Waals surface area contributed by atoms with Gasteiger partial charge in [-0.2, -0.15) is 4.31 Å². The van der Waals surface area contributed by atoms with Gasteiger partial charge in [0.2, 0.25) is 0 Å². The highest BCUT2D eigenvalue weighted by Crippen LogP contribution is 2.15. The highest BCUT2D eigenvalue weighted by molar-refractivity contribution is 7.89. The van der Waals surface area contributed by atoms with E-state index in [0.29, 0.717) is 25.5 Å². The number of nitrogens with two attached hydrogens (primary N) is 1. The van der Waals surface area contributed by atoms with Crippen molar-refractivity contribution in [1.29, 1.82) is 0 Å². The molecular weight excluding hydrogens is 252 g/mol. The van der Waals surface area contributed by atoms with E-state index >= 15 is 0 Å². The number of aromatic nitrogens is 2.